The average Bonchev–Trinajstić information content (AvgIpc) is 3.18. The zero-order valence-corrected chi connectivity index (χ0v) is 18.4. The van der Waals surface area contributed by atoms with Gasteiger partial charge in [0.1, 0.15) is 5.82 Å². The van der Waals surface area contributed by atoms with E-state index in [1.165, 1.54) is 11.8 Å². The minimum absolute atomic E-state index is 0.131. The van der Waals surface area contributed by atoms with Crippen LogP contribution in [0.15, 0.2) is 90.1 Å². The van der Waals surface area contributed by atoms with Gasteiger partial charge in [0.2, 0.25) is 5.91 Å². The fraction of sp³-hybridized carbons (Fsp3) is 0.120. The summed E-state index contributed by atoms with van der Waals surface area (Å²) >= 11 is 1.31. The number of hydrogen-bond donors (Lipinski definition) is 1. The van der Waals surface area contributed by atoms with Gasteiger partial charge in [-0.05, 0) is 17.7 Å². The monoisotopic (exact) mass is 442 g/mol. The molecule has 0 aliphatic rings. The third kappa shape index (κ3) is 5.12. The van der Waals surface area contributed by atoms with Gasteiger partial charge in [-0.15, -0.1) is 10.2 Å². The second-order valence-electron chi connectivity index (χ2n) is 7.20. The van der Waals surface area contributed by atoms with E-state index in [0.717, 1.165) is 11.4 Å². The number of anilines is 1. The van der Waals surface area contributed by atoms with E-state index in [2.05, 4.69) is 15.5 Å². The number of carbonyl (C=O) groups excluding carboxylic acids is 2. The molecule has 0 aliphatic heterocycles. The predicted molar refractivity (Wildman–Crippen MR) is 126 cm³/mol. The number of thioether (sulfide) groups is 1. The van der Waals surface area contributed by atoms with Crippen LogP contribution in [-0.4, -0.2) is 32.2 Å². The van der Waals surface area contributed by atoms with Crippen molar-refractivity contribution < 1.29 is 9.59 Å². The molecule has 0 spiro atoms. The SMILES string of the molecule is Cn1c(Cc2ccccc2)nnc1SCC(=O)Nc1ccccc1C(=O)c1ccccc1. The summed E-state index contributed by atoms with van der Waals surface area (Å²) < 4.78 is 1.90. The zero-order chi connectivity index (χ0) is 22.3. The molecule has 0 radical (unpaired) electrons. The Bertz CT molecular complexity index is 1220. The maximum atomic E-state index is 12.8. The highest BCUT2D eigenvalue weighted by Gasteiger charge is 2.16. The van der Waals surface area contributed by atoms with E-state index in [0.29, 0.717) is 28.4 Å². The number of carbonyl (C=O) groups is 2. The largest absolute Gasteiger partial charge is 0.325 e. The quantitative estimate of drug-likeness (QED) is 0.324. The molecule has 1 heterocycles. The van der Waals surface area contributed by atoms with E-state index < -0.39 is 0 Å². The number of aromatic nitrogens is 3. The Hall–Kier alpha value is -3.71. The van der Waals surface area contributed by atoms with Gasteiger partial charge in [0.15, 0.2) is 10.9 Å². The highest BCUT2D eigenvalue weighted by Crippen LogP contribution is 2.21. The molecule has 7 heteroatoms. The molecule has 0 aliphatic carbocycles. The fourth-order valence-electron chi connectivity index (χ4n) is 3.25. The molecule has 1 amide bonds. The van der Waals surface area contributed by atoms with Crippen LogP contribution in [0, 0.1) is 0 Å². The predicted octanol–water partition coefficient (Wildman–Crippen LogP) is 4.37. The normalized spacial score (nSPS) is 10.7. The van der Waals surface area contributed by atoms with Crippen molar-refractivity contribution in [3.63, 3.8) is 0 Å². The third-order valence-corrected chi connectivity index (χ3v) is 5.96. The van der Waals surface area contributed by atoms with Crippen molar-refractivity contribution >= 4 is 29.1 Å². The van der Waals surface area contributed by atoms with E-state index >= 15 is 0 Å². The summed E-state index contributed by atoms with van der Waals surface area (Å²) in [6.07, 6.45) is 0.673. The number of amides is 1. The first-order valence-electron chi connectivity index (χ1n) is 10.2. The van der Waals surface area contributed by atoms with Crippen LogP contribution >= 0.6 is 11.8 Å². The Balaban J connectivity index is 1.40. The molecule has 32 heavy (non-hydrogen) atoms. The standard InChI is InChI=1S/C25H22N4O2S/c1-29-22(16-18-10-4-2-5-11-18)27-28-25(29)32-17-23(30)26-21-15-9-8-14-20(21)24(31)19-12-6-3-7-13-19/h2-15H,16-17H2,1H3,(H,26,30). The number of nitrogens with one attached hydrogen (secondary N) is 1. The Morgan fingerprint density at radius 2 is 1.53 bits per heavy atom. The molecule has 0 saturated carbocycles. The lowest BCUT2D eigenvalue weighted by molar-refractivity contribution is -0.113. The van der Waals surface area contributed by atoms with Crippen molar-refractivity contribution in [2.75, 3.05) is 11.1 Å². The van der Waals surface area contributed by atoms with Gasteiger partial charge in [-0.2, -0.15) is 0 Å². The van der Waals surface area contributed by atoms with Crippen LogP contribution in [-0.2, 0) is 18.3 Å². The van der Waals surface area contributed by atoms with Crippen molar-refractivity contribution in [3.05, 3.63) is 107 Å². The summed E-state index contributed by atoms with van der Waals surface area (Å²) in [7, 11) is 1.90. The molecule has 0 saturated heterocycles. The van der Waals surface area contributed by atoms with E-state index in [1.54, 1.807) is 36.4 Å². The first kappa shape index (κ1) is 21.5. The number of para-hydroxylation sites is 1. The van der Waals surface area contributed by atoms with Gasteiger partial charge in [-0.25, -0.2) is 0 Å². The maximum Gasteiger partial charge on any atom is 0.234 e. The van der Waals surface area contributed by atoms with Crippen molar-refractivity contribution in [1.82, 2.24) is 14.8 Å². The van der Waals surface area contributed by atoms with Crippen molar-refractivity contribution in [2.24, 2.45) is 7.05 Å². The summed E-state index contributed by atoms with van der Waals surface area (Å²) in [5.74, 6) is 0.646. The van der Waals surface area contributed by atoms with Crippen molar-refractivity contribution in [1.29, 1.82) is 0 Å². The van der Waals surface area contributed by atoms with Gasteiger partial charge in [0.05, 0.1) is 11.4 Å². The molecule has 3 aromatic carbocycles. The Labute approximate surface area is 190 Å². The topological polar surface area (TPSA) is 76.9 Å². The highest BCUT2D eigenvalue weighted by atomic mass is 32.2. The average molecular weight is 443 g/mol. The van der Waals surface area contributed by atoms with E-state index in [-0.39, 0.29) is 17.4 Å². The van der Waals surface area contributed by atoms with E-state index in [1.807, 2.05) is 60.1 Å². The minimum atomic E-state index is -0.212. The Morgan fingerprint density at radius 3 is 2.28 bits per heavy atom. The zero-order valence-electron chi connectivity index (χ0n) is 17.6. The van der Waals surface area contributed by atoms with E-state index in [9.17, 15) is 9.59 Å². The Morgan fingerprint density at radius 1 is 0.875 bits per heavy atom. The van der Waals surface area contributed by atoms with Crippen molar-refractivity contribution in [2.45, 2.75) is 11.6 Å². The van der Waals surface area contributed by atoms with Crippen molar-refractivity contribution in [3.8, 4) is 0 Å². The summed E-state index contributed by atoms with van der Waals surface area (Å²) in [6, 6.07) is 26.1. The second kappa shape index (κ2) is 10.1. The fourth-order valence-corrected chi connectivity index (χ4v) is 3.98. The minimum Gasteiger partial charge on any atom is -0.325 e. The molecule has 0 atom stereocenters. The van der Waals surface area contributed by atoms with E-state index in [4.69, 9.17) is 0 Å². The Kier molecular flexibility index (Phi) is 6.77. The van der Waals surface area contributed by atoms with Crippen LogP contribution in [0.3, 0.4) is 0 Å². The molecular formula is C25H22N4O2S. The van der Waals surface area contributed by atoms with Gasteiger partial charge < -0.3 is 9.88 Å². The number of rotatable bonds is 8. The first-order valence-corrected chi connectivity index (χ1v) is 11.1. The molecule has 160 valence electrons. The second-order valence-corrected chi connectivity index (χ2v) is 8.14. The first-order chi connectivity index (χ1) is 15.6. The van der Waals surface area contributed by atoms with Crippen LogP contribution in [0.4, 0.5) is 5.69 Å². The lowest BCUT2D eigenvalue weighted by Crippen LogP contribution is -2.17. The number of benzene rings is 3. The lowest BCUT2D eigenvalue weighted by Gasteiger charge is -2.10. The molecule has 1 aromatic heterocycles. The van der Waals surface area contributed by atoms with Crippen LogP contribution in [0.25, 0.3) is 0 Å². The summed E-state index contributed by atoms with van der Waals surface area (Å²) in [4.78, 5) is 25.5. The smallest absolute Gasteiger partial charge is 0.234 e. The number of nitrogens with zero attached hydrogens (tertiary/aromatic N) is 3. The molecule has 4 aromatic rings. The van der Waals surface area contributed by atoms with Gasteiger partial charge >= 0.3 is 0 Å². The summed E-state index contributed by atoms with van der Waals surface area (Å²) in [5.41, 5.74) is 2.68. The highest BCUT2D eigenvalue weighted by molar-refractivity contribution is 7.99. The van der Waals surface area contributed by atoms with Crippen LogP contribution in [0.2, 0.25) is 0 Å². The molecule has 0 bridgehead atoms. The molecule has 4 rings (SSSR count). The molecular weight excluding hydrogens is 420 g/mol. The molecule has 1 N–H and O–H groups in total. The molecule has 0 unspecified atom stereocenters. The molecule has 6 nitrogen and oxygen atoms in total. The third-order valence-electron chi connectivity index (χ3n) is 4.94. The molecule has 0 fully saturated rings. The van der Waals surface area contributed by atoms with Crippen LogP contribution in [0.5, 0.6) is 0 Å². The number of hydrogen-bond acceptors (Lipinski definition) is 5. The van der Waals surface area contributed by atoms with Gasteiger partial charge in [-0.3, -0.25) is 9.59 Å². The lowest BCUT2D eigenvalue weighted by atomic mass is 10.0. The van der Waals surface area contributed by atoms with Crippen LogP contribution in [0.1, 0.15) is 27.3 Å². The van der Waals surface area contributed by atoms with Gasteiger partial charge in [0.25, 0.3) is 0 Å². The summed E-state index contributed by atoms with van der Waals surface area (Å²) in [6.45, 7) is 0. The maximum absolute atomic E-state index is 12.8. The van der Waals surface area contributed by atoms with Gasteiger partial charge in [-0.1, -0.05) is 84.6 Å². The summed E-state index contributed by atoms with van der Waals surface area (Å²) in [5, 5.41) is 12.0. The van der Waals surface area contributed by atoms with Gasteiger partial charge in [0, 0.05) is 24.6 Å². The number of ketones is 1. The van der Waals surface area contributed by atoms with Crippen LogP contribution < -0.4 is 5.32 Å².